The minimum Gasteiger partial charge on any atom is -0.299 e. The fourth-order valence-corrected chi connectivity index (χ4v) is 3.41. The Balaban J connectivity index is 1.83. The van der Waals surface area contributed by atoms with Gasteiger partial charge in [-0.25, -0.2) is 0 Å². The van der Waals surface area contributed by atoms with E-state index in [2.05, 4.69) is 0 Å². The van der Waals surface area contributed by atoms with E-state index in [-0.39, 0.29) is 0 Å². The van der Waals surface area contributed by atoms with Gasteiger partial charge in [0.1, 0.15) is 5.78 Å². The molecule has 0 N–H and O–H groups in total. The van der Waals surface area contributed by atoms with Crippen LogP contribution in [0.5, 0.6) is 0 Å². The van der Waals surface area contributed by atoms with Crippen molar-refractivity contribution < 1.29 is 4.79 Å². The molecule has 11 heavy (non-hydrogen) atoms. The lowest BCUT2D eigenvalue weighted by molar-refractivity contribution is -0.113. The molecule has 0 amide bonds. The molecule has 1 heteroatoms. The molecule has 0 aliphatic heterocycles. The number of rotatable bonds is 0. The van der Waals surface area contributed by atoms with E-state index in [1.54, 1.807) is 0 Å². The van der Waals surface area contributed by atoms with Crippen LogP contribution in [0, 0.1) is 23.7 Å². The maximum absolute atomic E-state index is 11.2. The van der Waals surface area contributed by atoms with Crippen LogP contribution in [0.1, 0.15) is 32.1 Å². The van der Waals surface area contributed by atoms with Crippen molar-refractivity contribution in [2.45, 2.75) is 32.1 Å². The predicted octanol–water partition coefficient (Wildman–Crippen LogP) is 2.01. The van der Waals surface area contributed by atoms with Crippen LogP contribution in [0.4, 0.5) is 0 Å². The third-order valence-corrected chi connectivity index (χ3v) is 4.00. The molecule has 0 aromatic rings. The molecule has 0 aromatic carbocycles. The fourth-order valence-electron chi connectivity index (χ4n) is 3.41. The number of hydrogen-bond donors (Lipinski definition) is 0. The quantitative estimate of drug-likeness (QED) is 0.516. The van der Waals surface area contributed by atoms with Crippen molar-refractivity contribution in [1.82, 2.24) is 0 Å². The molecule has 0 heterocycles. The van der Waals surface area contributed by atoms with Gasteiger partial charge < -0.3 is 0 Å². The second-order valence-electron chi connectivity index (χ2n) is 4.48. The first kappa shape index (κ1) is 6.22. The molecule has 3 aliphatic rings. The Kier molecular flexibility index (Phi) is 1.06. The van der Waals surface area contributed by atoms with Crippen LogP contribution in [0.3, 0.4) is 0 Å². The van der Waals surface area contributed by atoms with Crippen LogP contribution in [-0.4, -0.2) is 5.78 Å². The van der Waals surface area contributed by atoms with E-state index in [9.17, 15) is 4.79 Å². The van der Waals surface area contributed by atoms with Gasteiger partial charge in [0.25, 0.3) is 0 Å². The Bertz CT molecular complexity index is 209. The SMILES string of the molecule is O=C1C2CC3CCCCC3C12. The highest BCUT2D eigenvalue weighted by molar-refractivity contribution is 6.00. The molecule has 1 nitrogen and oxygen atoms in total. The van der Waals surface area contributed by atoms with Crippen molar-refractivity contribution >= 4 is 5.78 Å². The molecule has 0 saturated heterocycles. The van der Waals surface area contributed by atoms with E-state index in [4.69, 9.17) is 0 Å². The zero-order valence-corrected chi connectivity index (χ0v) is 6.75. The van der Waals surface area contributed by atoms with Gasteiger partial charge in [-0.15, -0.1) is 0 Å². The molecule has 0 aromatic heterocycles. The Morgan fingerprint density at radius 3 is 2.91 bits per heavy atom. The highest BCUT2D eigenvalue weighted by Crippen LogP contribution is 2.59. The van der Waals surface area contributed by atoms with Gasteiger partial charge in [-0.3, -0.25) is 4.79 Å². The summed E-state index contributed by atoms with van der Waals surface area (Å²) in [5.74, 6) is 3.49. The molecule has 3 aliphatic carbocycles. The summed E-state index contributed by atoms with van der Waals surface area (Å²) in [6.45, 7) is 0. The van der Waals surface area contributed by atoms with Gasteiger partial charge >= 0.3 is 0 Å². The minimum atomic E-state index is 0.545. The lowest BCUT2D eigenvalue weighted by atomic mass is 9.79. The zero-order valence-electron chi connectivity index (χ0n) is 6.75. The summed E-state index contributed by atoms with van der Waals surface area (Å²) in [6, 6.07) is 0. The average molecular weight is 150 g/mol. The smallest absolute Gasteiger partial charge is 0.140 e. The highest BCUT2D eigenvalue weighted by Gasteiger charge is 2.61. The molecule has 3 rings (SSSR count). The Morgan fingerprint density at radius 2 is 2.00 bits per heavy atom. The number of hydrogen-bond acceptors (Lipinski definition) is 1. The Labute approximate surface area is 67.2 Å². The molecule has 4 unspecified atom stereocenters. The summed E-state index contributed by atoms with van der Waals surface area (Å²) in [5, 5.41) is 0. The Morgan fingerprint density at radius 1 is 1.18 bits per heavy atom. The lowest BCUT2D eigenvalue weighted by Gasteiger charge is -2.26. The average Bonchev–Trinajstić information content (AvgIpc) is 2.55. The van der Waals surface area contributed by atoms with Crippen LogP contribution >= 0.6 is 0 Å². The standard InChI is InChI=1S/C10H14O/c11-10-8-5-6-3-1-2-4-7(6)9(8)10/h6-9H,1-5H2. The zero-order chi connectivity index (χ0) is 7.42. The maximum atomic E-state index is 11.2. The summed E-state index contributed by atoms with van der Waals surface area (Å²) < 4.78 is 0. The van der Waals surface area contributed by atoms with E-state index in [1.807, 2.05) is 0 Å². The summed E-state index contributed by atoms with van der Waals surface area (Å²) in [4.78, 5) is 11.2. The third-order valence-electron chi connectivity index (χ3n) is 4.00. The van der Waals surface area contributed by atoms with Crippen LogP contribution in [0.25, 0.3) is 0 Å². The van der Waals surface area contributed by atoms with E-state index >= 15 is 0 Å². The summed E-state index contributed by atoms with van der Waals surface area (Å²) >= 11 is 0. The molecule has 3 fully saturated rings. The van der Waals surface area contributed by atoms with E-state index < -0.39 is 0 Å². The van der Waals surface area contributed by atoms with Crippen LogP contribution in [0.2, 0.25) is 0 Å². The molecular weight excluding hydrogens is 136 g/mol. The van der Waals surface area contributed by atoms with Crippen molar-refractivity contribution in [1.29, 1.82) is 0 Å². The molecule has 3 saturated carbocycles. The monoisotopic (exact) mass is 150 g/mol. The minimum absolute atomic E-state index is 0.545. The van der Waals surface area contributed by atoms with Crippen LogP contribution in [-0.2, 0) is 4.79 Å². The number of fused-ring (bicyclic) bond motifs is 3. The number of Topliss-reactive ketones (excluding diaryl/α,β-unsaturated/α-hetero) is 1. The molecule has 0 radical (unpaired) electrons. The largest absolute Gasteiger partial charge is 0.299 e. The second-order valence-corrected chi connectivity index (χ2v) is 4.48. The summed E-state index contributed by atoms with van der Waals surface area (Å²) in [7, 11) is 0. The van der Waals surface area contributed by atoms with E-state index in [0.717, 1.165) is 11.8 Å². The van der Waals surface area contributed by atoms with Crippen molar-refractivity contribution in [3.8, 4) is 0 Å². The van der Waals surface area contributed by atoms with Crippen molar-refractivity contribution in [3.05, 3.63) is 0 Å². The van der Waals surface area contributed by atoms with Gasteiger partial charge in [0.15, 0.2) is 0 Å². The first-order valence-corrected chi connectivity index (χ1v) is 4.91. The molecule has 0 bridgehead atoms. The van der Waals surface area contributed by atoms with Crippen LogP contribution < -0.4 is 0 Å². The summed E-state index contributed by atoms with van der Waals surface area (Å²) in [6.07, 6.45) is 6.85. The number of ketones is 1. The molecule has 0 spiro atoms. The van der Waals surface area contributed by atoms with Crippen molar-refractivity contribution in [2.75, 3.05) is 0 Å². The van der Waals surface area contributed by atoms with Gasteiger partial charge in [0.05, 0.1) is 0 Å². The molecule has 4 atom stereocenters. The first-order valence-electron chi connectivity index (χ1n) is 4.91. The first-order chi connectivity index (χ1) is 5.38. The number of carbonyl (C=O) groups is 1. The lowest BCUT2D eigenvalue weighted by Crippen LogP contribution is -2.18. The van der Waals surface area contributed by atoms with Gasteiger partial charge in [-0.2, -0.15) is 0 Å². The number of carbonyl (C=O) groups excluding carboxylic acids is 1. The van der Waals surface area contributed by atoms with E-state index in [0.29, 0.717) is 17.6 Å². The highest BCUT2D eigenvalue weighted by atomic mass is 16.1. The second kappa shape index (κ2) is 1.88. The van der Waals surface area contributed by atoms with Crippen molar-refractivity contribution in [2.24, 2.45) is 23.7 Å². The molecular formula is C10H14O. The topological polar surface area (TPSA) is 17.1 Å². The third kappa shape index (κ3) is 0.692. The van der Waals surface area contributed by atoms with Crippen molar-refractivity contribution in [3.63, 3.8) is 0 Å². The maximum Gasteiger partial charge on any atom is 0.140 e. The van der Waals surface area contributed by atoms with Gasteiger partial charge in [-0.05, 0) is 24.7 Å². The predicted molar refractivity (Wildman–Crippen MR) is 42.1 cm³/mol. The van der Waals surface area contributed by atoms with Crippen LogP contribution in [0.15, 0.2) is 0 Å². The van der Waals surface area contributed by atoms with E-state index in [1.165, 1.54) is 32.1 Å². The van der Waals surface area contributed by atoms with Gasteiger partial charge in [-0.1, -0.05) is 19.3 Å². The van der Waals surface area contributed by atoms with Gasteiger partial charge in [0, 0.05) is 11.8 Å². The molecule has 60 valence electrons. The Hall–Kier alpha value is -0.330. The normalized spacial score (nSPS) is 53.6. The fraction of sp³-hybridized carbons (Fsp3) is 0.900. The van der Waals surface area contributed by atoms with Gasteiger partial charge in [0.2, 0.25) is 0 Å². The summed E-state index contributed by atoms with van der Waals surface area (Å²) in [5.41, 5.74) is 0.